The number of hydrogen-bond donors (Lipinski definition) is 0. The molecule has 0 N–H and O–H groups in total. The van der Waals surface area contributed by atoms with E-state index in [4.69, 9.17) is 4.74 Å². The van der Waals surface area contributed by atoms with Gasteiger partial charge in [0.25, 0.3) is 0 Å². The molecular formula is C11H24O. The van der Waals surface area contributed by atoms with Crippen molar-refractivity contribution in [2.45, 2.75) is 65.4 Å². The second-order valence-corrected chi connectivity index (χ2v) is 3.37. The molecule has 0 saturated heterocycles. The molecular weight excluding hydrogens is 148 g/mol. The van der Waals surface area contributed by atoms with Crippen molar-refractivity contribution in [2.75, 3.05) is 6.61 Å². The van der Waals surface area contributed by atoms with Gasteiger partial charge in [-0.2, -0.15) is 0 Å². The molecule has 0 radical (unpaired) electrons. The van der Waals surface area contributed by atoms with Gasteiger partial charge in [-0.15, -0.1) is 0 Å². The van der Waals surface area contributed by atoms with Crippen molar-refractivity contribution in [3.63, 3.8) is 0 Å². The van der Waals surface area contributed by atoms with Crippen molar-refractivity contribution < 1.29 is 4.74 Å². The van der Waals surface area contributed by atoms with Crippen LogP contribution >= 0.6 is 0 Å². The summed E-state index contributed by atoms with van der Waals surface area (Å²) in [6.45, 7) is 7.59. The molecule has 0 saturated carbocycles. The Morgan fingerprint density at radius 3 is 2.08 bits per heavy atom. The topological polar surface area (TPSA) is 9.23 Å². The molecule has 0 unspecified atom stereocenters. The maximum Gasteiger partial charge on any atom is 0.0569 e. The smallest absolute Gasteiger partial charge is 0.0569 e. The van der Waals surface area contributed by atoms with Crippen LogP contribution in [0.4, 0.5) is 0 Å². The SMILES string of the molecule is CCCCCCOC(CC)CC. The largest absolute Gasteiger partial charge is 0.378 e. The summed E-state index contributed by atoms with van der Waals surface area (Å²) in [5.41, 5.74) is 0. The Morgan fingerprint density at radius 1 is 0.917 bits per heavy atom. The zero-order valence-electron chi connectivity index (χ0n) is 8.94. The lowest BCUT2D eigenvalue weighted by Crippen LogP contribution is -2.10. The molecule has 0 fully saturated rings. The molecule has 0 spiro atoms. The summed E-state index contributed by atoms with van der Waals surface area (Å²) in [6, 6.07) is 0. The van der Waals surface area contributed by atoms with E-state index in [1.165, 1.54) is 25.7 Å². The molecule has 74 valence electrons. The van der Waals surface area contributed by atoms with Crippen LogP contribution in [-0.2, 0) is 4.74 Å². The van der Waals surface area contributed by atoms with Crippen LogP contribution in [0.1, 0.15) is 59.3 Å². The van der Waals surface area contributed by atoms with Gasteiger partial charge in [-0.1, -0.05) is 40.0 Å². The number of hydrogen-bond acceptors (Lipinski definition) is 1. The summed E-state index contributed by atoms with van der Waals surface area (Å²) in [4.78, 5) is 0. The average molecular weight is 172 g/mol. The lowest BCUT2D eigenvalue weighted by Gasteiger charge is -2.13. The maximum atomic E-state index is 5.69. The van der Waals surface area contributed by atoms with E-state index >= 15 is 0 Å². The summed E-state index contributed by atoms with van der Waals surface area (Å²) in [7, 11) is 0. The lowest BCUT2D eigenvalue weighted by molar-refractivity contribution is 0.0457. The number of rotatable bonds is 8. The molecule has 0 atom stereocenters. The first-order chi connectivity index (χ1) is 5.85. The molecule has 0 aliphatic heterocycles. The van der Waals surface area contributed by atoms with Crippen molar-refractivity contribution in [3.8, 4) is 0 Å². The third kappa shape index (κ3) is 6.66. The van der Waals surface area contributed by atoms with E-state index in [0.29, 0.717) is 6.10 Å². The van der Waals surface area contributed by atoms with Gasteiger partial charge in [0.1, 0.15) is 0 Å². The fourth-order valence-corrected chi connectivity index (χ4v) is 1.30. The molecule has 12 heavy (non-hydrogen) atoms. The summed E-state index contributed by atoms with van der Waals surface area (Å²) in [6.07, 6.45) is 8.05. The van der Waals surface area contributed by atoms with E-state index < -0.39 is 0 Å². The highest BCUT2D eigenvalue weighted by Crippen LogP contribution is 2.05. The third-order valence-corrected chi connectivity index (χ3v) is 2.26. The van der Waals surface area contributed by atoms with E-state index in [-0.39, 0.29) is 0 Å². The highest BCUT2D eigenvalue weighted by Gasteiger charge is 2.01. The van der Waals surface area contributed by atoms with Gasteiger partial charge >= 0.3 is 0 Å². The Balaban J connectivity index is 3.06. The molecule has 0 heterocycles. The van der Waals surface area contributed by atoms with E-state index in [2.05, 4.69) is 20.8 Å². The standard InChI is InChI=1S/C11H24O/c1-4-7-8-9-10-12-11(5-2)6-3/h11H,4-10H2,1-3H3. The average Bonchev–Trinajstić information content (AvgIpc) is 2.11. The zero-order valence-corrected chi connectivity index (χ0v) is 8.94. The van der Waals surface area contributed by atoms with Crippen molar-refractivity contribution in [1.82, 2.24) is 0 Å². The number of unbranched alkanes of at least 4 members (excludes halogenated alkanes) is 3. The van der Waals surface area contributed by atoms with Gasteiger partial charge in [0.2, 0.25) is 0 Å². The summed E-state index contributed by atoms with van der Waals surface area (Å²) < 4.78 is 5.69. The monoisotopic (exact) mass is 172 g/mol. The van der Waals surface area contributed by atoms with Gasteiger partial charge in [0.15, 0.2) is 0 Å². The van der Waals surface area contributed by atoms with Gasteiger partial charge in [0.05, 0.1) is 6.10 Å². The fraction of sp³-hybridized carbons (Fsp3) is 1.00. The first-order valence-corrected chi connectivity index (χ1v) is 5.46. The summed E-state index contributed by atoms with van der Waals surface area (Å²) in [5.74, 6) is 0. The van der Waals surface area contributed by atoms with Gasteiger partial charge < -0.3 is 4.74 Å². The van der Waals surface area contributed by atoms with Gasteiger partial charge in [-0.25, -0.2) is 0 Å². The quantitative estimate of drug-likeness (QED) is 0.506. The van der Waals surface area contributed by atoms with Crippen molar-refractivity contribution in [3.05, 3.63) is 0 Å². The molecule has 0 aromatic rings. The first-order valence-electron chi connectivity index (χ1n) is 5.46. The minimum absolute atomic E-state index is 0.506. The van der Waals surface area contributed by atoms with E-state index in [0.717, 1.165) is 19.4 Å². The number of ether oxygens (including phenoxy) is 1. The molecule has 1 nitrogen and oxygen atoms in total. The van der Waals surface area contributed by atoms with Gasteiger partial charge in [0, 0.05) is 6.61 Å². The highest BCUT2D eigenvalue weighted by molar-refractivity contribution is 4.51. The van der Waals surface area contributed by atoms with Gasteiger partial charge in [-0.3, -0.25) is 0 Å². The first kappa shape index (κ1) is 12.0. The Kier molecular flexibility index (Phi) is 9.02. The normalized spacial score (nSPS) is 11.0. The Morgan fingerprint density at radius 2 is 1.58 bits per heavy atom. The molecule has 0 amide bonds. The zero-order chi connectivity index (χ0) is 9.23. The Bertz CT molecular complexity index is 77.1. The molecule has 0 rings (SSSR count). The molecule has 0 aliphatic rings. The second kappa shape index (κ2) is 9.05. The molecule has 0 aliphatic carbocycles. The second-order valence-electron chi connectivity index (χ2n) is 3.37. The molecule has 0 bridgehead atoms. The fourth-order valence-electron chi connectivity index (χ4n) is 1.30. The minimum Gasteiger partial charge on any atom is -0.378 e. The predicted molar refractivity (Wildman–Crippen MR) is 54.5 cm³/mol. The molecule has 1 heteroatoms. The van der Waals surface area contributed by atoms with E-state index in [9.17, 15) is 0 Å². The highest BCUT2D eigenvalue weighted by atomic mass is 16.5. The molecule has 0 aromatic heterocycles. The summed E-state index contributed by atoms with van der Waals surface area (Å²) in [5, 5.41) is 0. The van der Waals surface area contributed by atoms with Crippen LogP contribution in [0.25, 0.3) is 0 Å². The van der Waals surface area contributed by atoms with Crippen LogP contribution < -0.4 is 0 Å². The van der Waals surface area contributed by atoms with Crippen LogP contribution in [-0.4, -0.2) is 12.7 Å². The van der Waals surface area contributed by atoms with Crippen LogP contribution in [0.3, 0.4) is 0 Å². The van der Waals surface area contributed by atoms with Crippen LogP contribution in [0.5, 0.6) is 0 Å². The molecule has 0 aromatic carbocycles. The maximum absolute atomic E-state index is 5.69. The summed E-state index contributed by atoms with van der Waals surface area (Å²) >= 11 is 0. The van der Waals surface area contributed by atoms with Crippen molar-refractivity contribution in [2.24, 2.45) is 0 Å². The Hall–Kier alpha value is -0.0400. The van der Waals surface area contributed by atoms with Crippen LogP contribution in [0.15, 0.2) is 0 Å². The lowest BCUT2D eigenvalue weighted by atomic mass is 10.2. The predicted octanol–water partition coefficient (Wildman–Crippen LogP) is 3.77. The van der Waals surface area contributed by atoms with Crippen molar-refractivity contribution in [1.29, 1.82) is 0 Å². The third-order valence-electron chi connectivity index (χ3n) is 2.26. The van der Waals surface area contributed by atoms with E-state index in [1.54, 1.807) is 0 Å². The van der Waals surface area contributed by atoms with Crippen molar-refractivity contribution >= 4 is 0 Å². The minimum atomic E-state index is 0.506. The van der Waals surface area contributed by atoms with Gasteiger partial charge in [-0.05, 0) is 19.3 Å². The Labute approximate surface area is 77.5 Å². The van der Waals surface area contributed by atoms with Crippen LogP contribution in [0.2, 0.25) is 0 Å². The van der Waals surface area contributed by atoms with E-state index in [1.807, 2.05) is 0 Å². The van der Waals surface area contributed by atoms with Crippen LogP contribution in [0, 0.1) is 0 Å².